The van der Waals surface area contributed by atoms with Gasteiger partial charge in [-0.05, 0) is 38.5 Å². The van der Waals surface area contributed by atoms with Crippen molar-refractivity contribution in [3.63, 3.8) is 0 Å². The zero-order valence-corrected chi connectivity index (χ0v) is 18.1. The van der Waals surface area contributed by atoms with Crippen molar-refractivity contribution in [2.24, 2.45) is 0 Å². The molecule has 1 atom stereocenters. The predicted octanol–water partition coefficient (Wildman–Crippen LogP) is 1.41. The van der Waals surface area contributed by atoms with Gasteiger partial charge in [-0.15, -0.1) is 0 Å². The van der Waals surface area contributed by atoms with Crippen molar-refractivity contribution in [1.82, 2.24) is 9.78 Å². The van der Waals surface area contributed by atoms with Gasteiger partial charge >= 0.3 is 0 Å². The van der Waals surface area contributed by atoms with Crippen molar-refractivity contribution in [2.75, 3.05) is 27.8 Å². The van der Waals surface area contributed by atoms with Crippen LogP contribution in [0.15, 0.2) is 24.3 Å². The first-order chi connectivity index (χ1) is 13.4. The Balaban J connectivity index is 1.72. The lowest BCUT2D eigenvalue weighted by Crippen LogP contribution is -2.17. The highest BCUT2D eigenvalue weighted by molar-refractivity contribution is 7.92. The van der Waals surface area contributed by atoms with Crippen molar-refractivity contribution in [3.8, 4) is 0 Å². The second-order valence-corrected chi connectivity index (χ2v) is 11.3. The van der Waals surface area contributed by atoms with Gasteiger partial charge in [0, 0.05) is 16.9 Å². The van der Waals surface area contributed by atoms with Crippen LogP contribution in [0.25, 0.3) is 0 Å². The molecule has 1 aromatic carbocycles. The van der Waals surface area contributed by atoms with Crippen LogP contribution in [-0.4, -0.2) is 50.3 Å². The van der Waals surface area contributed by atoms with Gasteiger partial charge in [0.15, 0.2) is 9.84 Å². The predicted molar refractivity (Wildman–Crippen MR) is 111 cm³/mol. The molecular weight excluding hydrogens is 416 g/mol. The first-order valence-corrected chi connectivity index (χ1v) is 12.8. The highest BCUT2D eigenvalue weighted by atomic mass is 32.2. The summed E-state index contributed by atoms with van der Waals surface area (Å²) in [5, 5.41) is 7.22. The summed E-state index contributed by atoms with van der Waals surface area (Å²) in [5.74, 6) is -0.0453. The van der Waals surface area contributed by atoms with Crippen molar-refractivity contribution >= 4 is 37.1 Å². The highest BCUT2D eigenvalue weighted by Gasteiger charge is 2.31. The van der Waals surface area contributed by atoms with Crippen LogP contribution in [-0.2, 0) is 31.1 Å². The van der Waals surface area contributed by atoms with E-state index in [1.165, 1.54) is 6.07 Å². The van der Waals surface area contributed by atoms with E-state index in [-0.39, 0.29) is 29.9 Å². The Morgan fingerprint density at radius 1 is 1.28 bits per heavy atom. The van der Waals surface area contributed by atoms with Gasteiger partial charge in [-0.25, -0.2) is 16.8 Å². The van der Waals surface area contributed by atoms with E-state index in [0.717, 1.165) is 17.5 Å². The summed E-state index contributed by atoms with van der Waals surface area (Å²) in [7, 11) is -6.45. The highest BCUT2D eigenvalue weighted by Crippen LogP contribution is 2.27. The molecule has 158 valence electrons. The number of hydrogen-bond acceptors (Lipinski definition) is 6. The average molecular weight is 441 g/mol. The molecule has 0 bridgehead atoms. The first kappa shape index (κ1) is 21.3. The van der Waals surface area contributed by atoms with E-state index in [9.17, 15) is 21.6 Å². The van der Waals surface area contributed by atoms with E-state index in [1.54, 1.807) is 29.8 Å². The first-order valence-electron chi connectivity index (χ1n) is 9.06. The molecule has 29 heavy (non-hydrogen) atoms. The number of rotatable bonds is 6. The van der Waals surface area contributed by atoms with Crippen molar-refractivity contribution in [2.45, 2.75) is 32.7 Å². The molecular formula is C18H24N4O5S2. The summed E-state index contributed by atoms with van der Waals surface area (Å²) in [4.78, 5) is 12.5. The Kier molecular flexibility index (Phi) is 5.72. The zero-order chi connectivity index (χ0) is 21.4. The molecule has 3 rings (SSSR count). The van der Waals surface area contributed by atoms with Gasteiger partial charge in [0.1, 0.15) is 0 Å². The van der Waals surface area contributed by atoms with Crippen LogP contribution in [0.2, 0.25) is 0 Å². The molecule has 0 aliphatic carbocycles. The quantitative estimate of drug-likeness (QED) is 0.699. The summed E-state index contributed by atoms with van der Waals surface area (Å²) < 4.78 is 50.3. The van der Waals surface area contributed by atoms with Crippen LogP contribution in [0.1, 0.15) is 29.4 Å². The molecule has 0 spiro atoms. The van der Waals surface area contributed by atoms with Gasteiger partial charge in [-0.3, -0.25) is 14.2 Å². The fraction of sp³-hybridized carbons (Fsp3) is 0.444. The van der Waals surface area contributed by atoms with Crippen molar-refractivity contribution in [3.05, 3.63) is 41.2 Å². The number of benzene rings is 1. The fourth-order valence-corrected chi connectivity index (χ4v) is 5.76. The van der Waals surface area contributed by atoms with E-state index in [0.29, 0.717) is 23.5 Å². The van der Waals surface area contributed by atoms with Crippen LogP contribution >= 0.6 is 0 Å². The molecule has 11 heteroatoms. The fourth-order valence-electron chi connectivity index (χ4n) is 3.52. The minimum absolute atomic E-state index is 0.0702. The normalized spacial score (nSPS) is 18.5. The third-order valence-corrected chi connectivity index (χ3v) is 7.17. The Labute approximate surface area is 170 Å². The van der Waals surface area contributed by atoms with E-state index in [2.05, 4.69) is 15.1 Å². The maximum absolute atomic E-state index is 12.5. The number of anilines is 2. The summed E-state index contributed by atoms with van der Waals surface area (Å²) >= 11 is 0. The number of aryl methyl sites for hydroxylation is 1. The Hall–Kier alpha value is -2.40. The van der Waals surface area contributed by atoms with E-state index in [1.807, 2.05) is 6.92 Å². The minimum atomic E-state index is -3.41. The molecule has 0 unspecified atom stereocenters. The van der Waals surface area contributed by atoms with Gasteiger partial charge in [0.25, 0.3) is 0 Å². The van der Waals surface area contributed by atoms with Gasteiger partial charge in [0.2, 0.25) is 15.9 Å². The number of hydrogen-bond donors (Lipinski definition) is 2. The SMILES string of the molecule is Cc1nn([C@H]2CCS(=O)(=O)C2)c(C)c1CC(=O)Nc1cccc(NS(C)(=O)=O)c1. The van der Waals surface area contributed by atoms with Crippen LogP contribution < -0.4 is 10.0 Å². The molecule has 2 N–H and O–H groups in total. The Morgan fingerprint density at radius 2 is 1.97 bits per heavy atom. The summed E-state index contributed by atoms with van der Waals surface area (Å²) in [6.07, 6.45) is 1.66. The van der Waals surface area contributed by atoms with Crippen molar-refractivity contribution < 1.29 is 21.6 Å². The van der Waals surface area contributed by atoms with E-state index in [4.69, 9.17) is 0 Å². The molecule has 1 fully saturated rings. The molecule has 1 aromatic heterocycles. The number of nitrogens with zero attached hydrogens (tertiary/aromatic N) is 2. The zero-order valence-electron chi connectivity index (χ0n) is 16.5. The number of nitrogens with one attached hydrogen (secondary N) is 2. The Morgan fingerprint density at radius 3 is 2.59 bits per heavy atom. The van der Waals surface area contributed by atoms with E-state index >= 15 is 0 Å². The second-order valence-electron chi connectivity index (χ2n) is 7.33. The lowest BCUT2D eigenvalue weighted by molar-refractivity contribution is -0.115. The van der Waals surface area contributed by atoms with Gasteiger partial charge < -0.3 is 5.32 Å². The number of sulfone groups is 1. The third-order valence-electron chi connectivity index (χ3n) is 4.82. The molecule has 0 saturated carbocycles. The average Bonchev–Trinajstić information content (AvgIpc) is 3.07. The molecule has 1 amide bonds. The van der Waals surface area contributed by atoms with Crippen LogP contribution in [0.3, 0.4) is 0 Å². The summed E-state index contributed by atoms with van der Waals surface area (Å²) in [6, 6.07) is 6.22. The lowest BCUT2D eigenvalue weighted by atomic mass is 10.1. The molecule has 9 nitrogen and oxygen atoms in total. The third kappa shape index (κ3) is 5.36. The topological polar surface area (TPSA) is 127 Å². The van der Waals surface area contributed by atoms with Crippen LogP contribution in [0.4, 0.5) is 11.4 Å². The van der Waals surface area contributed by atoms with Crippen LogP contribution in [0.5, 0.6) is 0 Å². The molecule has 1 aliphatic heterocycles. The number of sulfonamides is 1. The number of aromatic nitrogens is 2. The molecule has 2 heterocycles. The molecule has 2 aromatic rings. The number of carbonyl (C=O) groups excluding carboxylic acids is 1. The summed E-state index contributed by atoms with van der Waals surface area (Å²) in [6.45, 7) is 3.64. The molecule has 1 aliphatic rings. The maximum Gasteiger partial charge on any atom is 0.229 e. The summed E-state index contributed by atoms with van der Waals surface area (Å²) in [5.41, 5.74) is 3.06. The number of amides is 1. The van der Waals surface area contributed by atoms with Crippen molar-refractivity contribution in [1.29, 1.82) is 0 Å². The standard InChI is InChI=1S/C18H24N4O5S2/c1-12-17(13(2)22(20-12)16-7-8-29(26,27)11-16)10-18(23)19-14-5-4-6-15(9-14)21-28(3,24)25/h4-6,9,16,21H,7-8,10-11H2,1-3H3,(H,19,23)/t16-/m0/s1. The second kappa shape index (κ2) is 7.79. The van der Waals surface area contributed by atoms with Gasteiger partial charge in [-0.2, -0.15) is 5.10 Å². The maximum atomic E-state index is 12.5. The lowest BCUT2D eigenvalue weighted by Gasteiger charge is -2.12. The minimum Gasteiger partial charge on any atom is -0.326 e. The smallest absolute Gasteiger partial charge is 0.229 e. The molecule has 0 radical (unpaired) electrons. The van der Waals surface area contributed by atoms with Gasteiger partial charge in [-0.1, -0.05) is 6.07 Å². The van der Waals surface area contributed by atoms with Gasteiger partial charge in [0.05, 0.1) is 41.6 Å². The number of carbonyl (C=O) groups is 1. The van der Waals surface area contributed by atoms with Crippen LogP contribution in [0, 0.1) is 13.8 Å². The molecule has 1 saturated heterocycles. The van der Waals surface area contributed by atoms with E-state index < -0.39 is 19.9 Å². The largest absolute Gasteiger partial charge is 0.326 e. The Bertz CT molecular complexity index is 1150. The monoisotopic (exact) mass is 440 g/mol.